The number of carbonyl (C=O) groups is 1. The number of ether oxygens (including phenoxy) is 2. The number of rotatable bonds is 11. The Bertz CT molecular complexity index is 1330. The zero-order valence-corrected chi connectivity index (χ0v) is 22.0. The summed E-state index contributed by atoms with van der Waals surface area (Å²) in [7, 11) is 1.72. The first kappa shape index (κ1) is 26.3. The average Bonchev–Trinajstić information content (AvgIpc) is 3.63. The average molecular weight is 540 g/mol. The number of methoxy groups -OCH3 is 1. The van der Waals surface area contributed by atoms with Crippen LogP contribution in [0.1, 0.15) is 25.7 Å². The highest BCUT2D eigenvalue weighted by molar-refractivity contribution is 6.31. The second-order valence-electron chi connectivity index (χ2n) is 9.73. The summed E-state index contributed by atoms with van der Waals surface area (Å²) in [6.45, 7) is 2.97. The summed E-state index contributed by atoms with van der Waals surface area (Å²) in [6, 6.07) is 8.34. The van der Waals surface area contributed by atoms with Gasteiger partial charge in [-0.2, -0.15) is 0 Å². The molecule has 10 heteroatoms. The van der Waals surface area contributed by atoms with Crippen LogP contribution in [0.5, 0.6) is 5.75 Å². The van der Waals surface area contributed by atoms with E-state index in [0.29, 0.717) is 65.6 Å². The third-order valence-electron chi connectivity index (χ3n) is 6.82. The number of carbonyl (C=O) groups excluding carboxylic acids is 1. The first-order chi connectivity index (χ1) is 18.5. The van der Waals surface area contributed by atoms with Crippen LogP contribution in [-0.4, -0.2) is 60.2 Å². The molecule has 38 heavy (non-hydrogen) atoms. The first-order valence-electron chi connectivity index (χ1n) is 12.8. The van der Waals surface area contributed by atoms with Crippen LogP contribution in [0.2, 0.25) is 5.02 Å². The van der Waals surface area contributed by atoms with Gasteiger partial charge in [0, 0.05) is 42.9 Å². The third kappa shape index (κ3) is 6.59. The highest BCUT2D eigenvalue weighted by Gasteiger charge is 2.24. The number of nitrogens with one attached hydrogen (secondary N) is 2. The number of fused-ring (bicyclic) bond motifs is 1. The molecule has 200 valence electrons. The molecule has 5 rings (SSSR count). The van der Waals surface area contributed by atoms with Crippen LogP contribution in [0.4, 0.5) is 21.6 Å². The summed E-state index contributed by atoms with van der Waals surface area (Å²) in [6.07, 6.45) is 9.41. The van der Waals surface area contributed by atoms with Gasteiger partial charge in [-0.05, 0) is 62.4 Å². The maximum absolute atomic E-state index is 13.6. The van der Waals surface area contributed by atoms with Crippen LogP contribution in [0.25, 0.3) is 10.9 Å². The summed E-state index contributed by atoms with van der Waals surface area (Å²) in [5, 5.41) is 6.82. The lowest BCUT2D eigenvalue weighted by Gasteiger charge is -2.21. The molecular weight excluding hydrogens is 509 g/mol. The van der Waals surface area contributed by atoms with E-state index in [-0.39, 0.29) is 10.9 Å². The van der Waals surface area contributed by atoms with Crippen molar-refractivity contribution >= 4 is 45.6 Å². The maximum atomic E-state index is 13.6. The van der Waals surface area contributed by atoms with Crippen LogP contribution < -0.4 is 15.4 Å². The number of amides is 1. The smallest absolute Gasteiger partial charge is 0.248 e. The Labute approximate surface area is 226 Å². The van der Waals surface area contributed by atoms with E-state index < -0.39 is 5.82 Å². The molecule has 2 aromatic carbocycles. The van der Waals surface area contributed by atoms with E-state index in [1.54, 1.807) is 31.4 Å². The minimum atomic E-state index is -0.501. The predicted octanol–water partition coefficient (Wildman–Crippen LogP) is 5.56. The molecule has 2 aliphatic rings. The summed E-state index contributed by atoms with van der Waals surface area (Å²) < 4.78 is 25.0. The quantitative estimate of drug-likeness (QED) is 0.308. The summed E-state index contributed by atoms with van der Waals surface area (Å²) in [5.74, 6) is 0.843. The van der Waals surface area contributed by atoms with Gasteiger partial charge in [-0.25, -0.2) is 14.4 Å². The second-order valence-corrected chi connectivity index (χ2v) is 10.1. The fourth-order valence-corrected chi connectivity index (χ4v) is 4.77. The molecule has 2 fully saturated rings. The third-order valence-corrected chi connectivity index (χ3v) is 7.11. The van der Waals surface area contributed by atoms with Gasteiger partial charge in [0.05, 0.1) is 29.4 Å². The molecule has 1 saturated carbocycles. The molecule has 1 aliphatic heterocycles. The molecule has 1 atom stereocenters. The molecule has 8 nitrogen and oxygen atoms in total. The van der Waals surface area contributed by atoms with Gasteiger partial charge < -0.3 is 20.1 Å². The van der Waals surface area contributed by atoms with E-state index in [9.17, 15) is 9.18 Å². The molecular formula is C28H31ClFN5O3. The standard InChI is InChI=1S/C28H31ClFN5O3/c1-37-16-20-4-2-10-35(20)11-3-5-27(36)34-25-13-21-24(14-26(25)38-15-18-6-7-18)31-17-32-28(21)33-19-8-9-23(30)22(29)12-19/h3,5,8-9,12-14,17-18,20H,2,4,6-7,10-11,15-16H2,1H3,(H,34,36)(H,31,32,33)/b5-3+/t20-/m0/s1. The highest BCUT2D eigenvalue weighted by atomic mass is 35.5. The molecule has 0 radical (unpaired) electrons. The fraction of sp³-hybridized carbons (Fsp3) is 0.393. The zero-order chi connectivity index (χ0) is 26.5. The lowest BCUT2D eigenvalue weighted by molar-refractivity contribution is -0.111. The van der Waals surface area contributed by atoms with Crippen molar-refractivity contribution in [3.63, 3.8) is 0 Å². The van der Waals surface area contributed by atoms with Crippen LogP contribution in [0.15, 0.2) is 48.8 Å². The van der Waals surface area contributed by atoms with E-state index in [4.69, 9.17) is 21.1 Å². The van der Waals surface area contributed by atoms with Gasteiger partial charge in [0.2, 0.25) is 5.91 Å². The number of hydrogen-bond acceptors (Lipinski definition) is 7. The van der Waals surface area contributed by atoms with E-state index in [0.717, 1.165) is 32.2 Å². The number of likely N-dealkylation sites (tertiary alicyclic amines) is 1. The summed E-state index contributed by atoms with van der Waals surface area (Å²) in [4.78, 5) is 24.0. The van der Waals surface area contributed by atoms with Crippen LogP contribution >= 0.6 is 11.6 Å². The highest BCUT2D eigenvalue weighted by Crippen LogP contribution is 2.36. The number of halogens is 2. The Morgan fingerprint density at radius 2 is 2.08 bits per heavy atom. The summed E-state index contributed by atoms with van der Waals surface area (Å²) >= 11 is 5.95. The lowest BCUT2D eigenvalue weighted by atomic mass is 10.1. The molecule has 0 unspecified atom stereocenters. The van der Waals surface area contributed by atoms with Gasteiger partial charge in [0.15, 0.2) is 0 Å². The number of hydrogen-bond donors (Lipinski definition) is 2. The van der Waals surface area contributed by atoms with Crippen molar-refractivity contribution in [2.75, 3.05) is 44.0 Å². The van der Waals surface area contributed by atoms with Crippen molar-refractivity contribution in [3.05, 3.63) is 59.7 Å². The number of anilines is 3. The van der Waals surface area contributed by atoms with E-state index in [1.807, 2.05) is 6.08 Å². The Kier molecular flexibility index (Phi) is 8.36. The number of aromatic nitrogens is 2. The minimum Gasteiger partial charge on any atom is -0.491 e. The Morgan fingerprint density at radius 3 is 2.87 bits per heavy atom. The molecule has 1 aliphatic carbocycles. The molecule has 1 amide bonds. The monoisotopic (exact) mass is 539 g/mol. The van der Waals surface area contributed by atoms with Gasteiger partial charge in [0.25, 0.3) is 0 Å². The van der Waals surface area contributed by atoms with Gasteiger partial charge in [-0.1, -0.05) is 17.7 Å². The van der Waals surface area contributed by atoms with Gasteiger partial charge >= 0.3 is 0 Å². The molecule has 2 N–H and O–H groups in total. The largest absolute Gasteiger partial charge is 0.491 e. The van der Waals surface area contributed by atoms with Gasteiger partial charge in [-0.15, -0.1) is 0 Å². The van der Waals surface area contributed by atoms with Crippen LogP contribution in [-0.2, 0) is 9.53 Å². The number of nitrogens with zero attached hydrogens (tertiary/aromatic N) is 3. The van der Waals surface area contributed by atoms with Crippen LogP contribution in [0, 0.1) is 11.7 Å². The molecule has 0 bridgehead atoms. The normalized spacial score (nSPS) is 17.8. The predicted molar refractivity (Wildman–Crippen MR) is 147 cm³/mol. The number of benzene rings is 2. The minimum absolute atomic E-state index is 0.00587. The van der Waals surface area contributed by atoms with Crippen molar-refractivity contribution in [2.45, 2.75) is 31.7 Å². The summed E-state index contributed by atoms with van der Waals surface area (Å²) in [5.41, 5.74) is 1.75. The zero-order valence-electron chi connectivity index (χ0n) is 21.3. The molecule has 0 spiro atoms. The van der Waals surface area contributed by atoms with Gasteiger partial charge in [-0.3, -0.25) is 9.69 Å². The van der Waals surface area contributed by atoms with E-state index in [2.05, 4.69) is 25.5 Å². The van der Waals surface area contributed by atoms with Crippen molar-refractivity contribution < 1.29 is 18.7 Å². The van der Waals surface area contributed by atoms with E-state index >= 15 is 0 Å². The molecule has 1 saturated heterocycles. The SMILES string of the molecule is COC[C@@H]1CCCN1C/C=C/C(=O)Nc1cc2c(Nc3ccc(F)c(Cl)c3)ncnc2cc1OCC1CC1. The van der Waals surface area contributed by atoms with Crippen molar-refractivity contribution in [1.82, 2.24) is 14.9 Å². The molecule has 3 aromatic rings. The van der Waals surface area contributed by atoms with Gasteiger partial charge in [0.1, 0.15) is 23.7 Å². The Balaban J connectivity index is 1.36. The van der Waals surface area contributed by atoms with Crippen molar-refractivity contribution in [2.24, 2.45) is 5.92 Å². The Morgan fingerprint density at radius 1 is 1.21 bits per heavy atom. The van der Waals surface area contributed by atoms with E-state index in [1.165, 1.54) is 18.5 Å². The maximum Gasteiger partial charge on any atom is 0.248 e. The fourth-order valence-electron chi connectivity index (χ4n) is 4.59. The van der Waals surface area contributed by atoms with Crippen molar-refractivity contribution in [1.29, 1.82) is 0 Å². The second kappa shape index (κ2) is 12.1. The lowest BCUT2D eigenvalue weighted by Crippen LogP contribution is -2.33. The molecule has 1 aromatic heterocycles. The topological polar surface area (TPSA) is 88.6 Å². The molecule has 2 heterocycles. The first-order valence-corrected chi connectivity index (χ1v) is 13.2. The Hall–Kier alpha value is -3.27. The van der Waals surface area contributed by atoms with Crippen LogP contribution in [0.3, 0.4) is 0 Å². The van der Waals surface area contributed by atoms with Crippen molar-refractivity contribution in [3.8, 4) is 5.75 Å².